The molecule has 0 bridgehead atoms. The number of anilines is 2. The monoisotopic (exact) mass is 148 g/mol. The maximum Gasteiger partial charge on any atom is 0.0578 e. The van der Waals surface area contributed by atoms with Crippen LogP contribution in [0.1, 0.15) is 6.92 Å². The van der Waals surface area contributed by atoms with Crippen molar-refractivity contribution in [1.82, 2.24) is 0 Å². The summed E-state index contributed by atoms with van der Waals surface area (Å²) in [6.45, 7) is 3.18. The summed E-state index contributed by atoms with van der Waals surface area (Å²) in [5, 5.41) is 6.75. The van der Waals surface area contributed by atoms with Crippen LogP contribution in [0.25, 0.3) is 0 Å². The lowest BCUT2D eigenvalue weighted by Gasteiger charge is -2.25. The van der Waals surface area contributed by atoms with E-state index < -0.39 is 0 Å². The molecule has 0 saturated carbocycles. The molecule has 1 aliphatic heterocycles. The summed E-state index contributed by atoms with van der Waals surface area (Å²) in [6.07, 6.45) is 0. The molecular formula is C9H12N2. The molecule has 1 aliphatic rings. The summed E-state index contributed by atoms with van der Waals surface area (Å²) in [5.74, 6) is 0. The zero-order valence-corrected chi connectivity index (χ0v) is 6.59. The standard InChI is InChI=1S/C9H12N2/c1-7-6-10-8-4-2-3-5-9(8)11-7/h2-5,7,10-11H,6H2,1H3/t7-/m0/s1. The zero-order chi connectivity index (χ0) is 7.68. The van der Waals surface area contributed by atoms with Gasteiger partial charge >= 0.3 is 0 Å². The van der Waals surface area contributed by atoms with Crippen LogP contribution in [0.15, 0.2) is 24.3 Å². The average molecular weight is 148 g/mol. The third-order valence-electron chi connectivity index (χ3n) is 1.93. The molecule has 11 heavy (non-hydrogen) atoms. The molecule has 2 nitrogen and oxygen atoms in total. The summed E-state index contributed by atoms with van der Waals surface area (Å²) in [6, 6.07) is 8.81. The molecule has 0 amide bonds. The topological polar surface area (TPSA) is 24.1 Å². The van der Waals surface area contributed by atoms with Gasteiger partial charge in [0.15, 0.2) is 0 Å². The molecular weight excluding hydrogens is 136 g/mol. The maximum absolute atomic E-state index is 3.40. The highest BCUT2D eigenvalue weighted by Crippen LogP contribution is 2.24. The highest BCUT2D eigenvalue weighted by atomic mass is 15.1. The van der Waals surface area contributed by atoms with E-state index in [0.29, 0.717) is 6.04 Å². The largest absolute Gasteiger partial charge is 0.381 e. The average Bonchev–Trinajstić information content (AvgIpc) is 2.04. The highest BCUT2D eigenvalue weighted by Gasteiger charge is 2.10. The van der Waals surface area contributed by atoms with E-state index in [9.17, 15) is 0 Å². The summed E-state index contributed by atoms with van der Waals surface area (Å²) >= 11 is 0. The third-order valence-corrected chi connectivity index (χ3v) is 1.93. The summed E-state index contributed by atoms with van der Waals surface area (Å²) in [7, 11) is 0. The van der Waals surface area contributed by atoms with Crippen LogP contribution in [0.4, 0.5) is 11.4 Å². The molecule has 0 radical (unpaired) electrons. The predicted molar refractivity (Wildman–Crippen MR) is 48.0 cm³/mol. The van der Waals surface area contributed by atoms with Crippen LogP contribution >= 0.6 is 0 Å². The zero-order valence-electron chi connectivity index (χ0n) is 6.59. The molecule has 0 aromatic heterocycles. The van der Waals surface area contributed by atoms with E-state index >= 15 is 0 Å². The van der Waals surface area contributed by atoms with E-state index in [-0.39, 0.29) is 0 Å². The van der Waals surface area contributed by atoms with Crippen molar-refractivity contribution in [3.63, 3.8) is 0 Å². The van der Waals surface area contributed by atoms with Gasteiger partial charge in [-0.3, -0.25) is 0 Å². The first kappa shape index (κ1) is 6.53. The van der Waals surface area contributed by atoms with E-state index in [2.05, 4.69) is 29.7 Å². The molecule has 0 fully saturated rings. The van der Waals surface area contributed by atoms with Gasteiger partial charge in [0, 0.05) is 12.6 Å². The van der Waals surface area contributed by atoms with Gasteiger partial charge in [0.05, 0.1) is 11.4 Å². The van der Waals surface area contributed by atoms with Crippen LogP contribution in [0.3, 0.4) is 0 Å². The van der Waals surface area contributed by atoms with E-state index in [1.165, 1.54) is 11.4 Å². The summed E-state index contributed by atoms with van der Waals surface area (Å²) < 4.78 is 0. The normalized spacial score (nSPS) is 21.4. The fourth-order valence-corrected chi connectivity index (χ4v) is 1.34. The Balaban J connectivity index is 2.34. The molecule has 2 N–H and O–H groups in total. The first-order chi connectivity index (χ1) is 5.36. The molecule has 2 heteroatoms. The second-order valence-corrected chi connectivity index (χ2v) is 2.97. The fraction of sp³-hybridized carbons (Fsp3) is 0.333. The second kappa shape index (κ2) is 2.46. The number of para-hydroxylation sites is 2. The molecule has 0 aliphatic carbocycles. The van der Waals surface area contributed by atoms with Crippen molar-refractivity contribution in [1.29, 1.82) is 0 Å². The molecule has 1 atom stereocenters. The van der Waals surface area contributed by atoms with Gasteiger partial charge in [0.25, 0.3) is 0 Å². The van der Waals surface area contributed by atoms with Crippen molar-refractivity contribution in [2.45, 2.75) is 13.0 Å². The van der Waals surface area contributed by atoms with Gasteiger partial charge in [0.2, 0.25) is 0 Å². The fourth-order valence-electron chi connectivity index (χ4n) is 1.34. The summed E-state index contributed by atoms with van der Waals surface area (Å²) in [4.78, 5) is 0. The van der Waals surface area contributed by atoms with E-state index in [0.717, 1.165) is 6.54 Å². The van der Waals surface area contributed by atoms with Crippen molar-refractivity contribution in [3.8, 4) is 0 Å². The van der Waals surface area contributed by atoms with Crippen LogP contribution in [0.2, 0.25) is 0 Å². The Bertz CT molecular complexity index is 257. The minimum atomic E-state index is 0.532. The molecule has 1 heterocycles. The number of hydrogen-bond acceptors (Lipinski definition) is 2. The minimum absolute atomic E-state index is 0.532. The van der Waals surface area contributed by atoms with Crippen molar-refractivity contribution in [2.24, 2.45) is 0 Å². The van der Waals surface area contributed by atoms with Gasteiger partial charge in [-0.05, 0) is 19.1 Å². The molecule has 58 valence electrons. The quantitative estimate of drug-likeness (QED) is 0.587. The molecule has 1 aromatic rings. The Morgan fingerprint density at radius 3 is 2.82 bits per heavy atom. The SMILES string of the molecule is C[C@H]1CNc2ccccc2N1. The molecule has 1 aromatic carbocycles. The molecule has 0 unspecified atom stereocenters. The summed E-state index contributed by atoms with van der Waals surface area (Å²) in [5.41, 5.74) is 2.43. The Morgan fingerprint density at radius 2 is 2.00 bits per heavy atom. The lowest BCUT2D eigenvalue weighted by atomic mass is 10.2. The van der Waals surface area contributed by atoms with Crippen LogP contribution in [0.5, 0.6) is 0 Å². The lowest BCUT2D eigenvalue weighted by molar-refractivity contribution is 0.818. The van der Waals surface area contributed by atoms with Gasteiger partial charge in [-0.1, -0.05) is 12.1 Å². The van der Waals surface area contributed by atoms with E-state index in [4.69, 9.17) is 0 Å². The Kier molecular flexibility index (Phi) is 1.46. The smallest absolute Gasteiger partial charge is 0.0578 e. The second-order valence-electron chi connectivity index (χ2n) is 2.97. The van der Waals surface area contributed by atoms with Crippen molar-refractivity contribution in [3.05, 3.63) is 24.3 Å². The van der Waals surface area contributed by atoms with Crippen LogP contribution in [-0.4, -0.2) is 12.6 Å². The Hall–Kier alpha value is -1.18. The van der Waals surface area contributed by atoms with Crippen molar-refractivity contribution < 1.29 is 0 Å². The Morgan fingerprint density at radius 1 is 1.27 bits per heavy atom. The van der Waals surface area contributed by atoms with Crippen LogP contribution < -0.4 is 10.6 Å². The molecule has 0 spiro atoms. The maximum atomic E-state index is 3.40. The van der Waals surface area contributed by atoms with Crippen molar-refractivity contribution >= 4 is 11.4 Å². The number of fused-ring (bicyclic) bond motifs is 1. The van der Waals surface area contributed by atoms with Gasteiger partial charge in [0.1, 0.15) is 0 Å². The molecule has 2 rings (SSSR count). The van der Waals surface area contributed by atoms with Gasteiger partial charge < -0.3 is 10.6 Å². The van der Waals surface area contributed by atoms with E-state index in [1.807, 2.05) is 12.1 Å². The van der Waals surface area contributed by atoms with Crippen LogP contribution in [-0.2, 0) is 0 Å². The predicted octanol–water partition coefficient (Wildman–Crippen LogP) is 1.91. The first-order valence-corrected chi connectivity index (χ1v) is 3.96. The number of benzene rings is 1. The molecule has 0 saturated heterocycles. The van der Waals surface area contributed by atoms with Gasteiger partial charge in [-0.2, -0.15) is 0 Å². The number of nitrogens with one attached hydrogen (secondary N) is 2. The third kappa shape index (κ3) is 1.16. The highest BCUT2D eigenvalue weighted by molar-refractivity contribution is 5.70. The Labute approximate surface area is 66.6 Å². The van der Waals surface area contributed by atoms with Gasteiger partial charge in [-0.15, -0.1) is 0 Å². The number of hydrogen-bond donors (Lipinski definition) is 2. The first-order valence-electron chi connectivity index (χ1n) is 3.96. The number of rotatable bonds is 0. The van der Waals surface area contributed by atoms with Crippen LogP contribution in [0, 0.1) is 0 Å². The minimum Gasteiger partial charge on any atom is -0.381 e. The van der Waals surface area contributed by atoms with E-state index in [1.54, 1.807) is 0 Å². The van der Waals surface area contributed by atoms with Gasteiger partial charge in [-0.25, -0.2) is 0 Å². The van der Waals surface area contributed by atoms with Crippen molar-refractivity contribution in [2.75, 3.05) is 17.2 Å². The lowest BCUT2D eigenvalue weighted by Crippen LogP contribution is -2.29.